The van der Waals surface area contributed by atoms with Crippen LogP contribution in [0.25, 0.3) is 0 Å². The Balaban J connectivity index is 2.32. The first kappa shape index (κ1) is 10.7. The molecule has 0 amide bonds. The van der Waals surface area contributed by atoms with Crippen LogP contribution in [-0.2, 0) is 6.54 Å². The molecule has 0 aliphatic heterocycles. The van der Waals surface area contributed by atoms with Crippen molar-refractivity contribution in [3.05, 3.63) is 22.4 Å². The van der Waals surface area contributed by atoms with Gasteiger partial charge < -0.3 is 10.4 Å². The lowest BCUT2D eigenvalue weighted by atomic mass is 10.1. The minimum Gasteiger partial charge on any atom is -0.395 e. The van der Waals surface area contributed by atoms with Gasteiger partial charge in [-0.05, 0) is 28.3 Å². The summed E-state index contributed by atoms with van der Waals surface area (Å²) in [6, 6.07) is 2.31. The number of thiophene rings is 1. The summed E-state index contributed by atoms with van der Waals surface area (Å²) in [6.45, 7) is 5.29. The van der Waals surface area contributed by atoms with Gasteiger partial charge in [0.15, 0.2) is 0 Å². The molecule has 3 heteroatoms. The van der Waals surface area contributed by atoms with E-state index < -0.39 is 0 Å². The van der Waals surface area contributed by atoms with E-state index in [-0.39, 0.29) is 12.6 Å². The molecule has 0 spiro atoms. The normalized spacial score (nSPS) is 13.5. The molecule has 1 unspecified atom stereocenters. The molecule has 1 aromatic heterocycles. The number of aliphatic hydroxyl groups excluding tert-OH is 1. The predicted octanol–water partition coefficient (Wildman–Crippen LogP) is 1.85. The first-order valence-corrected chi connectivity index (χ1v) is 5.53. The highest BCUT2D eigenvalue weighted by Gasteiger charge is 2.10. The first-order valence-electron chi connectivity index (χ1n) is 4.59. The summed E-state index contributed by atoms with van der Waals surface area (Å²) in [5, 5.41) is 16.6. The van der Waals surface area contributed by atoms with Crippen LogP contribution in [0.4, 0.5) is 0 Å². The van der Waals surface area contributed by atoms with Crippen molar-refractivity contribution in [2.24, 2.45) is 5.92 Å². The van der Waals surface area contributed by atoms with Crippen LogP contribution < -0.4 is 5.32 Å². The smallest absolute Gasteiger partial charge is 0.0587 e. The summed E-state index contributed by atoms with van der Waals surface area (Å²) < 4.78 is 0. The van der Waals surface area contributed by atoms with Crippen LogP contribution in [0.15, 0.2) is 16.8 Å². The van der Waals surface area contributed by atoms with Gasteiger partial charge in [-0.15, -0.1) is 0 Å². The fourth-order valence-corrected chi connectivity index (χ4v) is 1.82. The fourth-order valence-electron chi connectivity index (χ4n) is 1.15. The van der Waals surface area contributed by atoms with Gasteiger partial charge in [-0.2, -0.15) is 11.3 Å². The molecule has 0 fully saturated rings. The number of aliphatic hydroxyl groups is 1. The maximum atomic E-state index is 9.07. The van der Waals surface area contributed by atoms with Crippen molar-refractivity contribution < 1.29 is 5.11 Å². The van der Waals surface area contributed by atoms with Gasteiger partial charge in [0, 0.05) is 12.6 Å². The van der Waals surface area contributed by atoms with Gasteiger partial charge >= 0.3 is 0 Å². The zero-order valence-corrected chi connectivity index (χ0v) is 8.97. The van der Waals surface area contributed by atoms with Crippen LogP contribution >= 0.6 is 11.3 Å². The maximum Gasteiger partial charge on any atom is 0.0587 e. The molecule has 2 nitrogen and oxygen atoms in total. The summed E-state index contributed by atoms with van der Waals surface area (Å²) in [5.41, 5.74) is 1.30. The quantitative estimate of drug-likeness (QED) is 0.758. The second-order valence-electron chi connectivity index (χ2n) is 3.55. The molecule has 0 aliphatic carbocycles. The number of rotatable bonds is 5. The van der Waals surface area contributed by atoms with Crippen molar-refractivity contribution >= 4 is 11.3 Å². The van der Waals surface area contributed by atoms with Crippen LogP contribution in [0.3, 0.4) is 0 Å². The zero-order chi connectivity index (χ0) is 9.68. The minimum absolute atomic E-state index is 0.208. The lowest BCUT2D eigenvalue weighted by Crippen LogP contribution is -2.36. The van der Waals surface area contributed by atoms with E-state index in [0.29, 0.717) is 5.92 Å². The van der Waals surface area contributed by atoms with E-state index in [1.54, 1.807) is 11.3 Å². The van der Waals surface area contributed by atoms with Crippen molar-refractivity contribution in [3.8, 4) is 0 Å². The third-order valence-electron chi connectivity index (χ3n) is 2.15. The number of hydrogen-bond acceptors (Lipinski definition) is 3. The summed E-state index contributed by atoms with van der Waals surface area (Å²) in [7, 11) is 0. The molecule has 1 heterocycles. The van der Waals surface area contributed by atoms with Gasteiger partial charge in [-0.1, -0.05) is 13.8 Å². The SMILES string of the molecule is CC(C)C(CO)NCc1ccsc1. The highest BCUT2D eigenvalue weighted by atomic mass is 32.1. The monoisotopic (exact) mass is 199 g/mol. The minimum atomic E-state index is 0.208. The Labute approximate surface area is 83.6 Å². The van der Waals surface area contributed by atoms with Crippen molar-refractivity contribution in [2.75, 3.05) is 6.61 Å². The van der Waals surface area contributed by atoms with Gasteiger partial charge in [-0.25, -0.2) is 0 Å². The topological polar surface area (TPSA) is 32.3 Å². The summed E-state index contributed by atoms with van der Waals surface area (Å²) in [5.74, 6) is 0.476. The molecule has 0 bridgehead atoms. The highest BCUT2D eigenvalue weighted by Crippen LogP contribution is 2.07. The fraction of sp³-hybridized carbons (Fsp3) is 0.600. The molecular weight excluding hydrogens is 182 g/mol. The van der Waals surface area contributed by atoms with Crippen LogP contribution in [0.5, 0.6) is 0 Å². The molecule has 2 N–H and O–H groups in total. The van der Waals surface area contributed by atoms with E-state index >= 15 is 0 Å². The summed E-state index contributed by atoms with van der Waals surface area (Å²) in [6.07, 6.45) is 0. The second-order valence-corrected chi connectivity index (χ2v) is 4.33. The number of hydrogen-bond donors (Lipinski definition) is 2. The van der Waals surface area contributed by atoms with Crippen LogP contribution in [0.2, 0.25) is 0 Å². The molecule has 0 aliphatic rings. The third kappa shape index (κ3) is 3.46. The van der Waals surface area contributed by atoms with Gasteiger partial charge in [0.2, 0.25) is 0 Å². The van der Waals surface area contributed by atoms with Gasteiger partial charge in [-0.3, -0.25) is 0 Å². The molecule has 0 saturated carbocycles. The first-order chi connectivity index (χ1) is 6.24. The Bertz CT molecular complexity index is 221. The van der Waals surface area contributed by atoms with E-state index in [0.717, 1.165) is 6.54 Å². The van der Waals surface area contributed by atoms with Crippen LogP contribution in [0, 0.1) is 5.92 Å². The Kier molecular flexibility index (Phi) is 4.42. The molecule has 1 aromatic rings. The van der Waals surface area contributed by atoms with E-state index in [2.05, 4.69) is 36.0 Å². The van der Waals surface area contributed by atoms with E-state index in [1.807, 2.05) is 0 Å². The molecule has 74 valence electrons. The average molecular weight is 199 g/mol. The van der Waals surface area contributed by atoms with Crippen molar-refractivity contribution in [1.29, 1.82) is 0 Å². The molecular formula is C10H17NOS. The van der Waals surface area contributed by atoms with E-state index in [1.165, 1.54) is 5.56 Å². The van der Waals surface area contributed by atoms with Gasteiger partial charge in [0.25, 0.3) is 0 Å². The van der Waals surface area contributed by atoms with E-state index in [4.69, 9.17) is 5.11 Å². The van der Waals surface area contributed by atoms with E-state index in [9.17, 15) is 0 Å². The van der Waals surface area contributed by atoms with Gasteiger partial charge in [0.05, 0.1) is 6.61 Å². The Morgan fingerprint density at radius 2 is 2.31 bits per heavy atom. The standard InChI is InChI=1S/C10H17NOS/c1-8(2)10(6-12)11-5-9-3-4-13-7-9/h3-4,7-8,10-12H,5-6H2,1-2H3. The molecule has 13 heavy (non-hydrogen) atoms. The van der Waals surface area contributed by atoms with Gasteiger partial charge in [0.1, 0.15) is 0 Å². The predicted molar refractivity (Wildman–Crippen MR) is 56.9 cm³/mol. The summed E-state index contributed by atoms with van der Waals surface area (Å²) in [4.78, 5) is 0. The Morgan fingerprint density at radius 1 is 1.54 bits per heavy atom. The average Bonchev–Trinajstić information content (AvgIpc) is 2.57. The summed E-state index contributed by atoms with van der Waals surface area (Å²) >= 11 is 1.70. The largest absolute Gasteiger partial charge is 0.395 e. The lowest BCUT2D eigenvalue weighted by Gasteiger charge is -2.19. The molecule has 0 saturated heterocycles. The Hall–Kier alpha value is -0.380. The molecule has 0 radical (unpaired) electrons. The lowest BCUT2D eigenvalue weighted by molar-refractivity contribution is 0.210. The second kappa shape index (κ2) is 5.37. The Morgan fingerprint density at radius 3 is 2.77 bits per heavy atom. The molecule has 0 aromatic carbocycles. The number of nitrogens with one attached hydrogen (secondary N) is 1. The molecule has 1 atom stereocenters. The molecule has 1 rings (SSSR count). The van der Waals surface area contributed by atoms with Crippen molar-refractivity contribution in [2.45, 2.75) is 26.4 Å². The highest BCUT2D eigenvalue weighted by molar-refractivity contribution is 7.07. The van der Waals surface area contributed by atoms with Crippen molar-refractivity contribution in [3.63, 3.8) is 0 Å². The van der Waals surface area contributed by atoms with Crippen LogP contribution in [-0.4, -0.2) is 17.8 Å². The third-order valence-corrected chi connectivity index (χ3v) is 2.88. The van der Waals surface area contributed by atoms with Crippen molar-refractivity contribution in [1.82, 2.24) is 5.32 Å². The maximum absolute atomic E-state index is 9.07. The van der Waals surface area contributed by atoms with Crippen LogP contribution in [0.1, 0.15) is 19.4 Å². The zero-order valence-electron chi connectivity index (χ0n) is 8.16.